The van der Waals surface area contributed by atoms with Gasteiger partial charge in [-0.1, -0.05) is 39.3 Å². The van der Waals surface area contributed by atoms with E-state index in [9.17, 15) is 0 Å². The maximum atomic E-state index is 3.60. The quantitative estimate of drug-likeness (QED) is 0.699. The number of hydrogen-bond acceptors (Lipinski definition) is 1. The molecule has 0 heterocycles. The first-order valence-corrected chi connectivity index (χ1v) is 6.38. The van der Waals surface area contributed by atoms with Gasteiger partial charge in [0, 0.05) is 0 Å². The molecule has 1 N–H and O–H groups in total. The van der Waals surface area contributed by atoms with Gasteiger partial charge in [0.2, 0.25) is 0 Å². The Hall–Kier alpha value is -0.300. The van der Waals surface area contributed by atoms with E-state index in [0.29, 0.717) is 0 Å². The Morgan fingerprint density at radius 3 is 2.60 bits per heavy atom. The number of nitrogens with one attached hydrogen (secondary N) is 1. The van der Waals surface area contributed by atoms with Gasteiger partial charge in [-0.3, -0.25) is 0 Å². The van der Waals surface area contributed by atoms with E-state index in [1.807, 2.05) is 0 Å². The SMILES string of the molecule is CC1=C[C@@H](C)[C@H](CNCC(C)C)[C@H](C)C1. The Bertz CT molecular complexity index is 217. The van der Waals surface area contributed by atoms with Crippen LogP contribution in [0.2, 0.25) is 0 Å². The van der Waals surface area contributed by atoms with E-state index < -0.39 is 0 Å². The summed E-state index contributed by atoms with van der Waals surface area (Å²) in [5, 5.41) is 3.60. The molecule has 3 atom stereocenters. The minimum absolute atomic E-state index is 0.744. The second kappa shape index (κ2) is 5.69. The summed E-state index contributed by atoms with van der Waals surface area (Å²) in [4.78, 5) is 0. The maximum absolute atomic E-state index is 3.60. The van der Waals surface area contributed by atoms with Crippen LogP contribution in [0.5, 0.6) is 0 Å². The molecule has 1 aliphatic rings. The lowest BCUT2D eigenvalue weighted by Crippen LogP contribution is -2.34. The van der Waals surface area contributed by atoms with Gasteiger partial charge in [-0.05, 0) is 50.1 Å². The van der Waals surface area contributed by atoms with Gasteiger partial charge in [-0.25, -0.2) is 0 Å². The average Bonchev–Trinajstić information content (AvgIpc) is 2.08. The van der Waals surface area contributed by atoms with E-state index in [1.54, 1.807) is 5.57 Å². The molecule has 0 aromatic heterocycles. The molecule has 0 spiro atoms. The lowest BCUT2D eigenvalue weighted by Gasteiger charge is -2.33. The van der Waals surface area contributed by atoms with Crippen molar-refractivity contribution in [3.05, 3.63) is 11.6 Å². The summed E-state index contributed by atoms with van der Waals surface area (Å²) in [6.07, 6.45) is 3.75. The highest BCUT2D eigenvalue weighted by molar-refractivity contribution is 5.08. The summed E-state index contributed by atoms with van der Waals surface area (Å²) in [6.45, 7) is 13.9. The highest BCUT2D eigenvalue weighted by Crippen LogP contribution is 2.32. The molecular weight excluding hydrogens is 182 g/mol. The fourth-order valence-corrected chi connectivity index (χ4v) is 2.74. The van der Waals surface area contributed by atoms with Crippen molar-refractivity contribution < 1.29 is 0 Å². The Balaban J connectivity index is 2.40. The molecule has 88 valence electrons. The molecule has 1 nitrogen and oxygen atoms in total. The van der Waals surface area contributed by atoms with Crippen LogP contribution >= 0.6 is 0 Å². The smallest absolute Gasteiger partial charge is 0.00122 e. The van der Waals surface area contributed by atoms with E-state index in [4.69, 9.17) is 0 Å². The fourth-order valence-electron chi connectivity index (χ4n) is 2.74. The molecule has 0 bridgehead atoms. The Labute approximate surface area is 95.3 Å². The lowest BCUT2D eigenvalue weighted by atomic mass is 9.75. The van der Waals surface area contributed by atoms with E-state index in [-0.39, 0.29) is 0 Å². The van der Waals surface area contributed by atoms with Crippen molar-refractivity contribution in [3.8, 4) is 0 Å². The third-order valence-electron chi connectivity index (χ3n) is 3.53. The zero-order valence-corrected chi connectivity index (χ0v) is 11.0. The second-order valence-electron chi connectivity index (χ2n) is 5.77. The third kappa shape index (κ3) is 3.98. The summed E-state index contributed by atoms with van der Waals surface area (Å²) in [7, 11) is 0. The van der Waals surface area contributed by atoms with Crippen molar-refractivity contribution >= 4 is 0 Å². The topological polar surface area (TPSA) is 12.0 Å². The van der Waals surface area contributed by atoms with Crippen LogP contribution in [0.3, 0.4) is 0 Å². The molecule has 1 heteroatoms. The van der Waals surface area contributed by atoms with Gasteiger partial charge in [0.05, 0.1) is 0 Å². The predicted octanol–water partition coefficient (Wildman–Crippen LogP) is 3.47. The minimum Gasteiger partial charge on any atom is -0.316 e. The predicted molar refractivity (Wildman–Crippen MR) is 67.9 cm³/mol. The summed E-state index contributed by atoms with van der Waals surface area (Å²) in [5.41, 5.74) is 1.58. The van der Waals surface area contributed by atoms with Crippen LogP contribution in [0.25, 0.3) is 0 Å². The van der Waals surface area contributed by atoms with Crippen LogP contribution in [-0.2, 0) is 0 Å². The van der Waals surface area contributed by atoms with E-state index in [1.165, 1.54) is 13.0 Å². The third-order valence-corrected chi connectivity index (χ3v) is 3.53. The van der Waals surface area contributed by atoms with Crippen LogP contribution in [0.15, 0.2) is 11.6 Å². The van der Waals surface area contributed by atoms with E-state index >= 15 is 0 Å². The van der Waals surface area contributed by atoms with Crippen LogP contribution < -0.4 is 5.32 Å². The van der Waals surface area contributed by atoms with Crippen molar-refractivity contribution in [1.82, 2.24) is 5.32 Å². The highest BCUT2D eigenvalue weighted by atomic mass is 14.9. The molecule has 1 rings (SSSR count). The monoisotopic (exact) mass is 209 g/mol. The summed E-state index contributed by atoms with van der Waals surface area (Å²) in [6, 6.07) is 0. The normalized spacial score (nSPS) is 31.9. The van der Waals surface area contributed by atoms with Crippen molar-refractivity contribution in [3.63, 3.8) is 0 Å². The van der Waals surface area contributed by atoms with Crippen molar-refractivity contribution in [2.75, 3.05) is 13.1 Å². The molecule has 0 aliphatic heterocycles. The van der Waals surface area contributed by atoms with Gasteiger partial charge >= 0.3 is 0 Å². The zero-order valence-electron chi connectivity index (χ0n) is 11.0. The Morgan fingerprint density at radius 2 is 2.07 bits per heavy atom. The van der Waals surface area contributed by atoms with Crippen molar-refractivity contribution in [2.24, 2.45) is 23.7 Å². The summed E-state index contributed by atoms with van der Waals surface area (Å²) < 4.78 is 0. The fraction of sp³-hybridized carbons (Fsp3) is 0.857. The molecule has 0 saturated heterocycles. The number of hydrogen-bond donors (Lipinski definition) is 1. The van der Waals surface area contributed by atoms with Crippen molar-refractivity contribution in [2.45, 2.75) is 41.0 Å². The first-order valence-electron chi connectivity index (χ1n) is 6.38. The highest BCUT2D eigenvalue weighted by Gasteiger charge is 2.25. The lowest BCUT2D eigenvalue weighted by molar-refractivity contribution is 0.258. The molecule has 0 amide bonds. The summed E-state index contributed by atoms with van der Waals surface area (Å²) >= 11 is 0. The first kappa shape index (κ1) is 12.8. The molecular formula is C14H27N. The molecule has 15 heavy (non-hydrogen) atoms. The van der Waals surface area contributed by atoms with Crippen LogP contribution in [-0.4, -0.2) is 13.1 Å². The van der Waals surface area contributed by atoms with Gasteiger partial charge in [-0.2, -0.15) is 0 Å². The van der Waals surface area contributed by atoms with Gasteiger partial charge in [0.1, 0.15) is 0 Å². The molecule has 0 fully saturated rings. The number of allylic oxidation sites excluding steroid dienone is 2. The minimum atomic E-state index is 0.744. The van der Waals surface area contributed by atoms with Crippen LogP contribution in [0, 0.1) is 23.7 Å². The van der Waals surface area contributed by atoms with Gasteiger partial charge in [0.15, 0.2) is 0 Å². The van der Waals surface area contributed by atoms with Crippen LogP contribution in [0.4, 0.5) is 0 Å². The largest absolute Gasteiger partial charge is 0.316 e. The molecule has 0 unspecified atom stereocenters. The standard InChI is InChI=1S/C14H27N/c1-10(2)8-15-9-14-12(4)6-11(3)7-13(14)5/h6,10,12-15H,7-9H2,1-5H3/t12-,13-,14+/m1/s1. The van der Waals surface area contributed by atoms with Crippen LogP contribution in [0.1, 0.15) is 41.0 Å². The average molecular weight is 209 g/mol. The molecule has 1 aliphatic carbocycles. The van der Waals surface area contributed by atoms with E-state index in [2.05, 4.69) is 46.0 Å². The molecule has 0 saturated carbocycles. The zero-order chi connectivity index (χ0) is 11.4. The second-order valence-corrected chi connectivity index (χ2v) is 5.77. The van der Waals surface area contributed by atoms with Gasteiger partial charge < -0.3 is 5.32 Å². The molecule has 0 aromatic rings. The Morgan fingerprint density at radius 1 is 1.40 bits per heavy atom. The Kier molecular flexibility index (Phi) is 4.85. The van der Waals surface area contributed by atoms with Crippen molar-refractivity contribution in [1.29, 1.82) is 0 Å². The molecule has 0 radical (unpaired) electrons. The maximum Gasteiger partial charge on any atom is -0.00122 e. The first-order chi connectivity index (χ1) is 7.00. The summed E-state index contributed by atoms with van der Waals surface area (Å²) in [5.74, 6) is 3.17. The molecule has 0 aromatic carbocycles. The van der Waals surface area contributed by atoms with Gasteiger partial charge in [0.25, 0.3) is 0 Å². The van der Waals surface area contributed by atoms with Gasteiger partial charge in [-0.15, -0.1) is 0 Å². The number of rotatable bonds is 4. The van der Waals surface area contributed by atoms with E-state index in [0.717, 1.165) is 30.2 Å².